The van der Waals surface area contributed by atoms with Gasteiger partial charge in [-0.05, 0) is 30.2 Å². The molecule has 0 bridgehead atoms. The fraction of sp³-hybridized carbons (Fsp3) is 0.318. The molecule has 0 saturated carbocycles. The summed E-state index contributed by atoms with van der Waals surface area (Å²) < 4.78 is 27.3. The van der Waals surface area contributed by atoms with Crippen molar-refractivity contribution in [2.75, 3.05) is 19.7 Å². The molecule has 0 spiro atoms. The van der Waals surface area contributed by atoms with Crippen molar-refractivity contribution in [2.45, 2.75) is 29.8 Å². The molecule has 3 atom stereocenters. The van der Waals surface area contributed by atoms with Crippen LogP contribution in [-0.2, 0) is 14.8 Å². The van der Waals surface area contributed by atoms with E-state index < -0.39 is 10.0 Å². The molecule has 2 aliphatic heterocycles. The van der Waals surface area contributed by atoms with Crippen LogP contribution in [-0.4, -0.2) is 60.4 Å². The van der Waals surface area contributed by atoms with E-state index in [9.17, 15) is 18.3 Å². The summed E-state index contributed by atoms with van der Waals surface area (Å²) in [7, 11) is -3.75. The molecule has 2 fully saturated rings. The Morgan fingerprint density at radius 3 is 2.41 bits per heavy atom. The number of piperazine rings is 1. The summed E-state index contributed by atoms with van der Waals surface area (Å²) in [6.07, 6.45) is 3.96. The number of allylic oxidation sites excluding steroid dienone is 1. The molecule has 0 aromatic heterocycles. The molecule has 29 heavy (non-hydrogen) atoms. The Hall–Kier alpha value is -2.48. The van der Waals surface area contributed by atoms with Crippen molar-refractivity contribution in [3.05, 3.63) is 71.8 Å². The van der Waals surface area contributed by atoms with E-state index in [0.29, 0.717) is 0 Å². The molecule has 2 saturated heterocycles. The number of hydrogen-bond acceptors (Lipinski definition) is 4. The number of amides is 1. The predicted octanol–water partition coefficient (Wildman–Crippen LogP) is 2.08. The largest absolute Gasteiger partial charge is 0.394 e. The number of benzene rings is 2. The minimum absolute atomic E-state index is 0.0996. The van der Waals surface area contributed by atoms with Crippen LogP contribution < -0.4 is 0 Å². The number of carbonyl (C=O) groups excluding carboxylic acids is 1. The maximum Gasteiger partial charge on any atom is 0.243 e. The zero-order valence-corrected chi connectivity index (χ0v) is 17.0. The lowest BCUT2D eigenvalue weighted by Crippen LogP contribution is -2.73. The van der Waals surface area contributed by atoms with Crippen LogP contribution in [0.3, 0.4) is 0 Å². The van der Waals surface area contributed by atoms with Gasteiger partial charge in [0.2, 0.25) is 15.9 Å². The van der Waals surface area contributed by atoms with Gasteiger partial charge in [-0.15, -0.1) is 0 Å². The van der Waals surface area contributed by atoms with E-state index in [1.54, 1.807) is 35.2 Å². The lowest BCUT2D eigenvalue weighted by Gasteiger charge is -2.58. The topological polar surface area (TPSA) is 77.9 Å². The van der Waals surface area contributed by atoms with Crippen molar-refractivity contribution in [2.24, 2.45) is 0 Å². The highest BCUT2D eigenvalue weighted by Crippen LogP contribution is 2.43. The van der Waals surface area contributed by atoms with Gasteiger partial charge >= 0.3 is 0 Å². The first kappa shape index (κ1) is 19.8. The molecule has 7 heteroatoms. The summed E-state index contributed by atoms with van der Waals surface area (Å²) in [5.41, 5.74) is 2.08. The molecule has 2 heterocycles. The third kappa shape index (κ3) is 3.39. The number of nitrogens with zero attached hydrogens (tertiary/aromatic N) is 2. The smallest absolute Gasteiger partial charge is 0.243 e. The lowest BCUT2D eigenvalue weighted by atomic mass is 9.74. The summed E-state index contributed by atoms with van der Waals surface area (Å²) in [5.74, 6) is -0.362. The number of carbonyl (C=O) groups is 1. The third-order valence-corrected chi connectivity index (χ3v) is 7.61. The van der Waals surface area contributed by atoms with Crippen LogP contribution in [0.1, 0.15) is 24.0 Å². The fourth-order valence-electron chi connectivity index (χ4n) is 4.42. The van der Waals surface area contributed by atoms with Crippen LogP contribution in [0.4, 0.5) is 0 Å². The Morgan fingerprint density at radius 1 is 1.10 bits per heavy atom. The molecule has 2 aliphatic rings. The normalized spacial score (nSPS) is 25.1. The Balaban J connectivity index is 1.62. The molecule has 1 amide bonds. The number of aliphatic hydroxyl groups excluding tert-OH is 1. The van der Waals surface area contributed by atoms with Crippen molar-refractivity contribution in [3.8, 4) is 0 Å². The summed E-state index contributed by atoms with van der Waals surface area (Å²) in [6.45, 7) is 1.84. The second-order valence-corrected chi connectivity index (χ2v) is 9.36. The molecule has 0 aliphatic carbocycles. The van der Waals surface area contributed by atoms with Crippen LogP contribution in [0.15, 0.2) is 65.6 Å². The van der Waals surface area contributed by atoms with Crippen molar-refractivity contribution >= 4 is 22.0 Å². The lowest BCUT2D eigenvalue weighted by molar-refractivity contribution is -0.158. The minimum Gasteiger partial charge on any atom is -0.394 e. The Morgan fingerprint density at radius 2 is 1.79 bits per heavy atom. The Bertz CT molecular complexity index is 1020. The van der Waals surface area contributed by atoms with E-state index in [-0.39, 0.29) is 48.5 Å². The molecule has 4 rings (SSSR count). The van der Waals surface area contributed by atoms with Crippen LogP contribution in [0.2, 0.25) is 0 Å². The maximum absolute atomic E-state index is 13.0. The maximum atomic E-state index is 13.0. The van der Waals surface area contributed by atoms with Gasteiger partial charge in [-0.1, -0.05) is 54.6 Å². The van der Waals surface area contributed by atoms with Gasteiger partial charge in [0.25, 0.3) is 0 Å². The molecule has 1 N–H and O–H groups in total. The van der Waals surface area contributed by atoms with Gasteiger partial charge in [-0.2, -0.15) is 4.31 Å². The van der Waals surface area contributed by atoms with Gasteiger partial charge < -0.3 is 10.0 Å². The van der Waals surface area contributed by atoms with Gasteiger partial charge in [0.05, 0.1) is 30.1 Å². The summed E-state index contributed by atoms with van der Waals surface area (Å²) in [4.78, 5) is 14.6. The van der Waals surface area contributed by atoms with Crippen molar-refractivity contribution in [1.29, 1.82) is 0 Å². The van der Waals surface area contributed by atoms with Crippen LogP contribution in [0.5, 0.6) is 0 Å². The average Bonchev–Trinajstić information content (AvgIpc) is 2.71. The van der Waals surface area contributed by atoms with Gasteiger partial charge in [0.15, 0.2) is 0 Å². The van der Waals surface area contributed by atoms with E-state index in [1.807, 2.05) is 43.3 Å². The average molecular weight is 413 g/mol. The zero-order chi connectivity index (χ0) is 20.6. The van der Waals surface area contributed by atoms with E-state index in [0.717, 1.165) is 11.1 Å². The Kier molecular flexibility index (Phi) is 5.29. The number of fused-ring (bicyclic) bond motifs is 1. The molecule has 6 nitrogen and oxygen atoms in total. The van der Waals surface area contributed by atoms with Crippen molar-refractivity contribution < 1.29 is 18.3 Å². The summed E-state index contributed by atoms with van der Waals surface area (Å²) >= 11 is 0. The van der Waals surface area contributed by atoms with Crippen molar-refractivity contribution in [1.82, 2.24) is 9.21 Å². The fourth-order valence-corrected chi connectivity index (χ4v) is 5.84. The number of rotatable bonds is 5. The monoisotopic (exact) mass is 412 g/mol. The van der Waals surface area contributed by atoms with E-state index in [4.69, 9.17) is 0 Å². The highest BCUT2D eigenvalue weighted by Gasteiger charge is 2.55. The van der Waals surface area contributed by atoms with E-state index in [1.165, 1.54) is 4.31 Å². The highest BCUT2D eigenvalue weighted by atomic mass is 32.2. The van der Waals surface area contributed by atoms with Gasteiger partial charge in [-0.3, -0.25) is 4.79 Å². The summed E-state index contributed by atoms with van der Waals surface area (Å²) in [5, 5.41) is 9.88. The number of aliphatic hydroxyl groups is 1. The van der Waals surface area contributed by atoms with Gasteiger partial charge in [0.1, 0.15) is 0 Å². The van der Waals surface area contributed by atoms with Crippen molar-refractivity contribution in [3.63, 3.8) is 0 Å². The first-order chi connectivity index (χ1) is 14.0. The van der Waals surface area contributed by atoms with Crippen LogP contribution >= 0.6 is 0 Å². The number of sulfonamides is 1. The second kappa shape index (κ2) is 7.74. The van der Waals surface area contributed by atoms with Crippen LogP contribution in [0.25, 0.3) is 6.08 Å². The Labute approximate surface area is 171 Å². The first-order valence-corrected chi connectivity index (χ1v) is 11.1. The first-order valence-electron chi connectivity index (χ1n) is 9.67. The third-order valence-electron chi connectivity index (χ3n) is 5.78. The second-order valence-electron chi connectivity index (χ2n) is 7.42. The van der Waals surface area contributed by atoms with E-state index >= 15 is 0 Å². The number of hydrogen-bond donors (Lipinski definition) is 1. The molecule has 152 valence electrons. The minimum atomic E-state index is -3.75. The SMILES string of the molecule is CC=Cc1ccc([C@H]2[C@H](CO)N3C(=O)CN(S(=O)(=O)c4ccccc4)C[C@@H]23)cc1. The van der Waals surface area contributed by atoms with Crippen LogP contribution in [0, 0.1) is 0 Å². The molecule has 2 aromatic rings. The summed E-state index contributed by atoms with van der Waals surface area (Å²) in [6, 6.07) is 15.6. The van der Waals surface area contributed by atoms with Gasteiger partial charge in [0, 0.05) is 12.5 Å². The van der Waals surface area contributed by atoms with Gasteiger partial charge in [-0.25, -0.2) is 8.42 Å². The molecule has 0 radical (unpaired) electrons. The predicted molar refractivity (Wildman–Crippen MR) is 111 cm³/mol. The molecular formula is C22H24N2O4S. The molecule has 0 unspecified atom stereocenters. The standard InChI is InChI=1S/C22H24N2O4S/c1-2-6-16-9-11-17(12-10-16)22-19-13-23(14-21(26)24(19)20(22)15-25)29(27,28)18-7-4-3-5-8-18/h2-12,19-20,22,25H,13-15H2,1H3/t19-,20-,22+/m0/s1. The molecular weight excluding hydrogens is 388 g/mol. The quantitative estimate of drug-likeness (QED) is 0.816. The van der Waals surface area contributed by atoms with E-state index in [2.05, 4.69) is 0 Å². The zero-order valence-electron chi connectivity index (χ0n) is 16.2. The highest BCUT2D eigenvalue weighted by molar-refractivity contribution is 7.89. The molecule has 2 aromatic carbocycles.